The monoisotopic (exact) mass is 266 g/mol. The first kappa shape index (κ1) is 16.2. The van der Waals surface area contributed by atoms with E-state index in [0.29, 0.717) is 24.2 Å². The van der Waals surface area contributed by atoms with Crippen LogP contribution in [0, 0.1) is 17.8 Å². The van der Waals surface area contributed by atoms with Gasteiger partial charge in [-0.1, -0.05) is 26.0 Å². The molecule has 1 aliphatic rings. The zero-order valence-electron chi connectivity index (χ0n) is 12.5. The van der Waals surface area contributed by atoms with E-state index in [1.807, 2.05) is 0 Å². The number of carbonyl (C=O) groups excluding carboxylic acids is 1. The van der Waals surface area contributed by atoms with E-state index in [1.165, 1.54) is 6.42 Å². The van der Waals surface area contributed by atoms with E-state index in [9.17, 15) is 4.79 Å². The summed E-state index contributed by atoms with van der Waals surface area (Å²) >= 11 is 0. The second-order valence-electron chi connectivity index (χ2n) is 6.07. The van der Waals surface area contributed by atoms with Crippen molar-refractivity contribution in [3.63, 3.8) is 0 Å². The Morgan fingerprint density at radius 2 is 2.16 bits per heavy atom. The molecule has 0 spiro atoms. The normalized spacial score (nSPS) is 20.5. The molecule has 3 N–H and O–H groups in total. The van der Waals surface area contributed by atoms with Gasteiger partial charge in [-0.3, -0.25) is 4.79 Å². The molecule has 3 heteroatoms. The summed E-state index contributed by atoms with van der Waals surface area (Å²) < 4.78 is 0. The number of hydrogen-bond acceptors (Lipinski definition) is 2. The van der Waals surface area contributed by atoms with Gasteiger partial charge in [-0.05, 0) is 56.4 Å². The van der Waals surface area contributed by atoms with Crippen molar-refractivity contribution >= 4 is 5.91 Å². The van der Waals surface area contributed by atoms with Crippen molar-refractivity contribution in [1.82, 2.24) is 5.32 Å². The molecule has 0 saturated heterocycles. The topological polar surface area (TPSA) is 55.1 Å². The van der Waals surface area contributed by atoms with Crippen molar-refractivity contribution in [1.29, 1.82) is 0 Å². The summed E-state index contributed by atoms with van der Waals surface area (Å²) in [7, 11) is 0. The molecule has 0 radical (unpaired) electrons. The van der Waals surface area contributed by atoms with Crippen LogP contribution in [0.1, 0.15) is 52.4 Å². The molecule has 1 amide bonds. The minimum Gasteiger partial charge on any atom is -0.356 e. The number of nitrogens with two attached hydrogens (primary N) is 1. The molecular formula is C16H30N2O. The molecule has 110 valence electrons. The van der Waals surface area contributed by atoms with Gasteiger partial charge in [0, 0.05) is 13.0 Å². The van der Waals surface area contributed by atoms with Crippen LogP contribution in [-0.4, -0.2) is 19.0 Å². The van der Waals surface area contributed by atoms with Gasteiger partial charge >= 0.3 is 0 Å². The van der Waals surface area contributed by atoms with Crippen LogP contribution in [0.2, 0.25) is 0 Å². The van der Waals surface area contributed by atoms with E-state index < -0.39 is 0 Å². The lowest BCUT2D eigenvalue weighted by atomic mass is 9.88. The maximum Gasteiger partial charge on any atom is 0.220 e. The Morgan fingerprint density at radius 3 is 2.74 bits per heavy atom. The summed E-state index contributed by atoms with van der Waals surface area (Å²) in [4.78, 5) is 11.9. The molecule has 0 saturated carbocycles. The Morgan fingerprint density at radius 1 is 1.37 bits per heavy atom. The molecule has 0 heterocycles. The van der Waals surface area contributed by atoms with Gasteiger partial charge in [0.2, 0.25) is 5.91 Å². The number of carbonyl (C=O) groups is 1. The predicted molar refractivity (Wildman–Crippen MR) is 80.7 cm³/mol. The lowest BCUT2D eigenvalue weighted by Crippen LogP contribution is -2.30. The van der Waals surface area contributed by atoms with Crippen LogP contribution >= 0.6 is 0 Å². The van der Waals surface area contributed by atoms with Crippen molar-refractivity contribution in [3.8, 4) is 0 Å². The summed E-state index contributed by atoms with van der Waals surface area (Å²) in [5.74, 6) is 2.03. The fourth-order valence-electron chi connectivity index (χ4n) is 2.73. The Kier molecular flexibility index (Phi) is 7.80. The van der Waals surface area contributed by atoms with Crippen molar-refractivity contribution in [2.24, 2.45) is 23.5 Å². The Hall–Kier alpha value is -0.830. The summed E-state index contributed by atoms with van der Waals surface area (Å²) in [6, 6.07) is 0. The van der Waals surface area contributed by atoms with Crippen LogP contribution in [0.3, 0.4) is 0 Å². The summed E-state index contributed by atoms with van der Waals surface area (Å²) in [5, 5.41) is 3.08. The van der Waals surface area contributed by atoms with E-state index in [1.54, 1.807) is 0 Å². The van der Waals surface area contributed by atoms with Gasteiger partial charge in [-0.15, -0.1) is 0 Å². The molecule has 1 rings (SSSR count). The van der Waals surface area contributed by atoms with E-state index >= 15 is 0 Å². The van der Waals surface area contributed by atoms with E-state index in [2.05, 4.69) is 31.3 Å². The van der Waals surface area contributed by atoms with Gasteiger partial charge in [0.05, 0.1) is 0 Å². The summed E-state index contributed by atoms with van der Waals surface area (Å²) in [6.07, 6.45) is 10.6. The zero-order valence-corrected chi connectivity index (χ0v) is 12.5. The van der Waals surface area contributed by atoms with E-state index in [4.69, 9.17) is 5.73 Å². The van der Waals surface area contributed by atoms with E-state index in [0.717, 1.165) is 38.8 Å². The van der Waals surface area contributed by atoms with Crippen LogP contribution in [0.4, 0.5) is 0 Å². The molecule has 3 nitrogen and oxygen atoms in total. The molecule has 2 atom stereocenters. The highest BCUT2D eigenvalue weighted by Crippen LogP contribution is 2.20. The molecule has 2 unspecified atom stereocenters. The number of rotatable bonds is 8. The van der Waals surface area contributed by atoms with Crippen molar-refractivity contribution in [3.05, 3.63) is 12.2 Å². The number of hydrogen-bond donors (Lipinski definition) is 2. The standard InChI is InChI=1S/C16H30N2O/c1-13(2)15(10-11-17)8-9-16(19)18-12-14-6-4-3-5-7-14/h3-4,13-15H,5-12,17H2,1-2H3,(H,18,19). The molecule has 0 bridgehead atoms. The Balaban J connectivity index is 2.17. The van der Waals surface area contributed by atoms with Gasteiger partial charge < -0.3 is 11.1 Å². The number of amides is 1. The quantitative estimate of drug-likeness (QED) is 0.664. The molecular weight excluding hydrogens is 236 g/mol. The molecule has 19 heavy (non-hydrogen) atoms. The SMILES string of the molecule is CC(C)C(CCN)CCC(=O)NCC1CC=CCC1. The first-order valence-corrected chi connectivity index (χ1v) is 7.75. The van der Waals surface area contributed by atoms with Crippen LogP contribution < -0.4 is 11.1 Å². The van der Waals surface area contributed by atoms with E-state index in [-0.39, 0.29) is 5.91 Å². The highest BCUT2D eigenvalue weighted by Gasteiger charge is 2.15. The van der Waals surface area contributed by atoms with Crippen LogP contribution in [-0.2, 0) is 4.79 Å². The average Bonchev–Trinajstić information content (AvgIpc) is 2.42. The van der Waals surface area contributed by atoms with Gasteiger partial charge in [-0.25, -0.2) is 0 Å². The smallest absolute Gasteiger partial charge is 0.220 e. The first-order chi connectivity index (χ1) is 9.13. The highest BCUT2D eigenvalue weighted by atomic mass is 16.1. The zero-order chi connectivity index (χ0) is 14.1. The summed E-state index contributed by atoms with van der Waals surface area (Å²) in [6.45, 7) is 5.99. The van der Waals surface area contributed by atoms with Gasteiger partial charge in [0.1, 0.15) is 0 Å². The molecule has 0 fully saturated rings. The average molecular weight is 266 g/mol. The predicted octanol–water partition coefficient (Wildman–Crippen LogP) is 2.86. The van der Waals surface area contributed by atoms with Crippen molar-refractivity contribution in [2.75, 3.05) is 13.1 Å². The number of nitrogens with one attached hydrogen (secondary N) is 1. The largest absolute Gasteiger partial charge is 0.356 e. The minimum absolute atomic E-state index is 0.206. The second-order valence-corrected chi connectivity index (χ2v) is 6.07. The second kappa shape index (κ2) is 9.13. The van der Waals surface area contributed by atoms with Crippen LogP contribution in [0.25, 0.3) is 0 Å². The third-order valence-corrected chi connectivity index (χ3v) is 4.19. The lowest BCUT2D eigenvalue weighted by molar-refractivity contribution is -0.121. The van der Waals surface area contributed by atoms with Crippen molar-refractivity contribution < 1.29 is 4.79 Å². The maximum absolute atomic E-state index is 11.9. The first-order valence-electron chi connectivity index (χ1n) is 7.75. The van der Waals surface area contributed by atoms with Gasteiger partial charge in [0.25, 0.3) is 0 Å². The maximum atomic E-state index is 11.9. The van der Waals surface area contributed by atoms with Crippen molar-refractivity contribution in [2.45, 2.75) is 52.4 Å². The van der Waals surface area contributed by atoms with Gasteiger partial charge in [-0.2, -0.15) is 0 Å². The Bertz CT molecular complexity index is 286. The fraction of sp³-hybridized carbons (Fsp3) is 0.812. The molecule has 1 aliphatic carbocycles. The van der Waals surface area contributed by atoms with Crippen LogP contribution in [0.5, 0.6) is 0 Å². The Labute approximate surface area is 118 Å². The third-order valence-electron chi connectivity index (χ3n) is 4.19. The lowest BCUT2D eigenvalue weighted by Gasteiger charge is -2.21. The van der Waals surface area contributed by atoms with Crippen LogP contribution in [0.15, 0.2) is 12.2 Å². The molecule has 0 aromatic heterocycles. The minimum atomic E-state index is 0.206. The third kappa shape index (κ3) is 6.76. The molecule has 0 aromatic rings. The molecule has 0 aromatic carbocycles. The summed E-state index contributed by atoms with van der Waals surface area (Å²) in [5.41, 5.74) is 5.62. The highest BCUT2D eigenvalue weighted by molar-refractivity contribution is 5.75. The van der Waals surface area contributed by atoms with Gasteiger partial charge in [0.15, 0.2) is 0 Å². The fourth-order valence-corrected chi connectivity index (χ4v) is 2.73. The number of allylic oxidation sites excluding steroid dienone is 2. The molecule has 0 aliphatic heterocycles.